The number of carbonyl (C=O) groups excluding carboxylic acids is 1. The van der Waals surface area contributed by atoms with Gasteiger partial charge in [0.2, 0.25) is 0 Å². The molecule has 0 aromatic heterocycles. The van der Waals surface area contributed by atoms with Crippen molar-refractivity contribution >= 4 is 21.5 Å². The van der Waals surface area contributed by atoms with E-state index in [0.717, 1.165) is 6.26 Å². The molecule has 0 aliphatic carbocycles. The summed E-state index contributed by atoms with van der Waals surface area (Å²) in [7, 11) is -3.40. The van der Waals surface area contributed by atoms with E-state index in [1.54, 1.807) is 6.92 Å². The third kappa shape index (κ3) is 3.43. The van der Waals surface area contributed by atoms with Crippen molar-refractivity contribution in [3.05, 3.63) is 29.1 Å². The molecule has 18 heavy (non-hydrogen) atoms. The number of hydrogen-bond donors (Lipinski definition) is 1. The largest absolute Gasteiger partial charge is 0.462 e. The van der Waals surface area contributed by atoms with Crippen LogP contribution < -0.4 is 5.73 Å². The molecule has 0 atom stereocenters. The van der Waals surface area contributed by atoms with Gasteiger partial charge in [0.15, 0.2) is 9.84 Å². The molecule has 0 amide bonds. The van der Waals surface area contributed by atoms with E-state index in [0.29, 0.717) is 0 Å². The van der Waals surface area contributed by atoms with Gasteiger partial charge in [-0.15, -0.1) is 0 Å². The lowest BCUT2D eigenvalue weighted by Gasteiger charge is -2.09. The van der Waals surface area contributed by atoms with Gasteiger partial charge in [0.05, 0.1) is 12.4 Å². The van der Waals surface area contributed by atoms with Crippen LogP contribution >= 0.6 is 0 Å². The average Bonchev–Trinajstić information content (AvgIpc) is 2.21. The molecule has 1 aromatic carbocycles. The van der Waals surface area contributed by atoms with Crippen LogP contribution in [0.15, 0.2) is 12.1 Å². The molecule has 0 aliphatic rings. The highest BCUT2D eigenvalue weighted by molar-refractivity contribution is 7.89. The lowest BCUT2D eigenvalue weighted by molar-refractivity contribution is 0.0522. The minimum Gasteiger partial charge on any atom is -0.462 e. The maximum atomic E-state index is 14.0. The lowest BCUT2D eigenvalue weighted by atomic mass is 10.1. The SMILES string of the molecule is CCOC(=O)c1c(N)ccc(CS(C)(=O)=O)c1F. The fourth-order valence-corrected chi connectivity index (χ4v) is 2.23. The molecular formula is C11H14FNO4S. The van der Waals surface area contributed by atoms with E-state index in [-0.39, 0.29) is 17.9 Å². The van der Waals surface area contributed by atoms with E-state index in [2.05, 4.69) is 4.74 Å². The summed E-state index contributed by atoms with van der Waals surface area (Å²) in [6.07, 6.45) is 0.979. The Bertz CT molecular complexity index is 569. The monoisotopic (exact) mass is 275 g/mol. The van der Waals surface area contributed by atoms with E-state index in [1.807, 2.05) is 0 Å². The highest BCUT2D eigenvalue weighted by Gasteiger charge is 2.21. The van der Waals surface area contributed by atoms with Crippen LogP contribution in [0.25, 0.3) is 0 Å². The maximum Gasteiger partial charge on any atom is 0.343 e. The molecule has 7 heteroatoms. The third-order valence-corrected chi connectivity index (χ3v) is 2.99. The molecule has 0 aliphatic heterocycles. The van der Waals surface area contributed by atoms with Gasteiger partial charge >= 0.3 is 5.97 Å². The number of carbonyl (C=O) groups is 1. The van der Waals surface area contributed by atoms with Crippen molar-refractivity contribution in [1.82, 2.24) is 0 Å². The summed E-state index contributed by atoms with van der Waals surface area (Å²) in [6, 6.07) is 2.53. The first-order valence-corrected chi connectivity index (χ1v) is 7.24. The topological polar surface area (TPSA) is 86.5 Å². The van der Waals surface area contributed by atoms with E-state index in [1.165, 1.54) is 12.1 Å². The summed E-state index contributed by atoms with van der Waals surface area (Å²) in [5.41, 5.74) is 4.89. The summed E-state index contributed by atoms with van der Waals surface area (Å²) < 4.78 is 40.9. The summed E-state index contributed by atoms with van der Waals surface area (Å²) in [5, 5.41) is 0. The quantitative estimate of drug-likeness (QED) is 0.657. The predicted molar refractivity (Wildman–Crippen MR) is 65.3 cm³/mol. The number of hydrogen-bond acceptors (Lipinski definition) is 5. The molecule has 0 spiro atoms. The standard InChI is InChI=1S/C11H14FNO4S/c1-3-17-11(14)9-8(13)5-4-7(10(9)12)6-18(2,15)16/h4-5H,3,6,13H2,1-2H3. The molecule has 1 rings (SSSR count). The Labute approximate surface area is 105 Å². The minimum absolute atomic E-state index is 0.0774. The molecule has 0 bridgehead atoms. The minimum atomic E-state index is -3.40. The number of benzene rings is 1. The lowest BCUT2D eigenvalue weighted by Crippen LogP contribution is -2.13. The summed E-state index contributed by atoms with van der Waals surface area (Å²) in [4.78, 5) is 11.5. The van der Waals surface area contributed by atoms with Crippen LogP contribution in [0, 0.1) is 5.82 Å². The molecule has 0 saturated carbocycles. The zero-order valence-corrected chi connectivity index (χ0v) is 10.9. The van der Waals surface area contributed by atoms with Crippen molar-refractivity contribution in [2.75, 3.05) is 18.6 Å². The van der Waals surface area contributed by atoms with E-state index >= 15 is 0 Å². The number of nitrogen functional groups attached to an aromatic ring is 1. The Morgan fingerprint density at radius 3 is 2.56 bits per heavy atom. The Morgan fingerprint density at radius 2 is 2.06 bits per heavy atom. The van der Waals surface area contributed by atoms with Crippen LogP contribution in [-0.2, 0) is 20.3 Å². The van der Waals surface area contributed by atoms with Crippen molar-refractivity contribution < 1.29 is 22.3 Å². The van der Waals surface area contributed by atoms with Crippen LogP contribution in [0.5, 0.6) is 0 Å². The zero-order chi connectivity index (χ0) is 13.9. The smallest absolute Gasteiger partial charge is 0.343 e. The second-order valence-electron chi connectivity index (χ2n) is 3.79. The van der Waals surface area contributed by atoms with Crippen LogP contribution in [-0.4, -0.2) is 27.2 Å². The summed E-state index contributed by atoms with van der Waals surface area (Å²) in [5.74, 6) is -2.34. The van der Waals surface area contributed by atoms with Crippen molar-refractivity contribution in [3.63, 3.8) is 0 Å². The number of nitrogens with two attached hydrogens (primary N) is 1. The van der Waals surface area contributed by atoms with Gasteiger partial charge < -0.3 is 10.5 Å². The van der Waals surface area contributed by atoms with Crippen LogP contribution in [0.1, 0.15) is 22.8 Å². The van der Waals surface area contributed by atoms with Crippen molar-refractivity contribution in [2.45, 2.75) is 12.7 Å². The first-order valence-electron chi connectivity index (χ1n) is 5.18. The Kier molecular flexibility index (Phi) is 4.28. The first-order chi connectivity index (χ1) is 8.26. The average molecular weight is 275 g/mol. The van der Waals surface area contributed by atoms with Gasteiger partial charge in [0.25, 0.3) is 0 Å². The molecule has 5 nitrogen and oxygen atoms in total. The highest BCUT2D eigenvalue weighted by Crippen LogP contribution is 2.22. The molecule has 0 saturated heterocycles. The van der Waals surface area contributed by atoms with Gasteiger partial charge in [-0.3, -0.25) is 0 Å². The molecule has 100 valence electrons. The molecule has 0 fully saturated rings. The van der Waals surface area contributed by atoms with Gasteiger partial charge in [0, 0.05) is 17.5 Å². The van der Waals surface area contributed by atoms with E-state index in [9.17, 15) is 17.6 Å². The number of ether oxygens (including phenoxy) is 1. The van der Waals surface area contributed by atoms with Crippen molar-refractivity contribution in [1.29, 1.82) is 0 Å². The zero-order valence-electron chi connectivity index (χ0n) is 10.1. The van der Waals surface area contributed by atoms with Crippen LogP contribution in [0.2, 0.25) is 0 Å². The Hall–Kier alpha value is -1.63. The molecule has 2 N–H and O–H groups in total. The third-order valence-electron chi connectivity index (χ3n) is 2.15. The van der Waals surface area contributed by atoms with E-state index < -0.39 is 32.9 Å². The highest BCUT2D eigenvalue weighted by atomic mass is 32.2. The molecule has 0 radical (unpaired) electrons. The number of rotatable bonds is 4. The summed E-state index contributed by atoms with van der Waals surface area (Å²) in [6.45, 7) is 1.65. The van der Waals surface area contributed by atoms with Crippen molar-refractivity contribution in [3.8, 4) is 0 Å². The fraction of sp³-hybridized carbons (Fsp3) is 0.364. The Morgan fingerprint density at radius 1 is 1.44 bits per heavy atom. The van der Waals surface area contributed by atoms with Gasteiger partial charge in [0.1, 0.15) is 11.4 Å². The normalized spacial score (nSPS) is 11.3. The molecule has 1 aromatic rings. The first kappa shape index (κ1) is 14.4. The van der Waals surface area contributed by atoms with Gasteiger partial charge in [-0.1, -0.05) is 6.07 Å². The maximum absolute atomic E-state index is 14.0. The number of sulfone groups is 1. The van der Waals surface area contributed by atoms with Gasteiger partial charge in [-0.05, 0) is 13.0 Å². The van der Waals surface area contributed by atoms with Gasteiger partial charge in [-0.2, -0.15) is 0 Å². The van der Waals surface area contributed by atoms with Crippen molar-refractivity contribution in [2.24, 2.45) is 0 Å². The van der Waals surface area contributed by atoms with Gasteiger partial charge in [-0.25, -0.2) is 17.6 Å². The van der Waals surface area contributed by atoms with Crippen LogP contribution in [0.3, 0.4) is 0 Å². The molecule has 0 heterocycles. The second kappa shape index (κ2) is 5.34. The fourth-order valence-electron chi connectivity index (χ4n) is 1.44. The molecule has 0 unspecified atom stereocenters. The van der Waals surface area contributed by atoms with E-state index in [4.69, 9.17) is 5.73 Å². The number of anilines is 1. The summed E-state index contributed by atoms with van der Waals surface area (Å²) >= 11 is 0. The number of halogens is 1. The number of esters is 1. The Balaban J connectivity index is 3.27. The molecular weight excluding hydrogens is 261 g/mol. The predicted octanol–water partition coefficient (Wildman–Crippen LogP) is 1.13. The second-order valence-corrected chi connectivity index (χ2v) is 5.93. The van der Waals surface area contributed by atoms with Crippen LogP contribution in [0.4, 0.5) is 10.1 Å².